The summed E-state index contributed by atoms with van der Waals surface area (Å²) in [6.07, 6.45) is 4.88. The molecule has 2 aromatic carbocycles. The van der Waals surface area contributed by atoms with Crippen molar-refractivity contribution in [3.05, 3.63) is 89.7 Å². The van der Waals surface area contributed by atoms with Gasteiger partial charge in [0.15, 0.2) is 0 Å². The summed E-state index contributed by atoms with van der Waals surface area (Å²) in [5, 5.41) is 3.94. The predicted molar refractivity (Wildman–Crippen MR) is 103 cm³/mol. The lowest BCUT2D eigenvalue weighted by atomic mass is 10.2. The second kappa shape index (κ2) is 9.15. The minimum Gasteiger partial charge on any atom is -0.497 e. The van der Waals surface area contributed by atoms with Crippen molar-refractivity contribution in [2.75, 3.05) is 7.11 Å². The summed E-state index contributed by atoms with van der Waals surface area (Å²) in [6, 6.07) is 18.2. The van der Waals surface area contributed by atoms with E-state index in [9.17, 15) is 4.79 Å². The lowest BCUT2D eigenvalue weighted by Crippen LogP contribution is -2.17. The lowest BCUT2D eigenvalue weighted by molar-refractivity contribution is 0.0955. The van der Waals surface area contributed by atoms with Gasteiger partial charge in [0.05, 0.1) is 13.3 Å². The first-order valence-corrected chi connectivity index (χ1v) is 8.34. The molecule has 0 saturated carbocycles. The van der Waals surface area contributed by atoms with Crippen LogP contribution in [0.4, 0.5) is 0 Å². The molecule has 0 aliphatic heterocycles. The molecule has 3 rings (SSSR count). The van der Waals surface area contributed by atoms with Crippen molar-refractivity contribution in [3.63, 3.8) is 0 Å². The van der Waals surface area contributed by atoms with E-state index in [-0.39, 0.29) is 5.91 Å². The normalized spacial score (nSPS) is 10.6. The first kappa shape index (κ1) is 18.1. The topological polar surface area (TPSA) is 72.8 Å². The molecular weight excluding hydrogens is 342 g/mol. The number of carbonyl (C=O) groups is 1. The largest absolute Gasteiger partial charge is 0.497 e. The van der Waals surface area contributed by atoms with E-state index in [1.165, 1.54) is 0 Å². The molecule has 0 aliphatic carbocycles. The highest BCUT2D eigenvalue weighted by Crippen LogP contribution is 2.17. The van der Waals surface area contributed by atoms with Gasteiger partial charge in [-0.1, -0.05) is 12.1 Å². The number of methoxy groups -OCH3 is 1. The molecule has 0 aliphatic rings. The number of nitrogens with one attached hydrogen (secondary N) is 1. The number of nitrogens with zero attached hydrogens (tertiary/aromatic N) is 2. The maximum absolute atomic E-state index is 12.1. The molecule has 0 bridgehead atoms. The van der Waals surface area contributed by atoms with Crippen LogP contribution in [0.1, 0.15) is 21.5 Å². The average molecular weight is 361 g/mol. The molecule has 27 heavy (non-hydrogen) atoms. The van der Waals surface area contributed by atoms with Crippen molar-refractivity contribution in [3.8, 4) is 11.5 Å². The number of rotatable bonds is 7. The van der Waals surface area contributed by atoms with Crippen LogP contribution in [0, 0.1) is 0 Å². The molecule has 3 aromatic rings. The minimum absolute atomic E-state index is 0.292. The SMILES string of the molecule is COc1cccc(COc2ccc(C(=O)N/N=C\c3ccncc3)cc2)c1. The van der Waals surface area contributed by atoms with Gasteiger partial charge in [0.1, 0.15) is 18.1 Å². The van der Waals surface area contributed by atoms with E-state index < -0.39 is 0 Å². The molecule has 6 nitrogen and oxygen atoms in total. The van der Waals surface area contributed by atoms with E-state index in [0.29, 0.717) is 17.9 Å². The Morgan fingerprint density at radius 1 is 1.07 bits per heavy atom. The zero-order valence-electron chi connectivity index (χ0n) is 14.8. The molecule has 0 fully saturated rings. The van der Waals surface area contributed by atoms with Gasteiger partial charge in [0.25, 0.3) is 5.91 Å². The van der Waals surface area contributed by atoms with Crippen LogP contribution in [0.25, 0.3) is 0 Å². The van der Waals surface area contributed by atoms with Crippen LogP contribution in [-0.2, 0) is 6.61 Å². The number of hydrogen-bond donors (Lipinski definition) is 1. The van der Waals surface area contributed by atoms with Crippen LogP contribution in [0.15, 0.2) is 78.2 Å². The van der Waals surface area contributed by atoms with Crippen LogP contribution in [0.2, 0.25) is 0 Å². The van der Waals surface area contributed by atoms with Crippen LogP contribution < -0.4 is 14.9 Å². The quantitative estimate of drug-likeness (QED) is 0.517. The second-order valence-corrected chi connectivity index (χ2v) is 5.64. The third-order valence-electron chi connectivity index (χ3n) is 3.74. The van der Waals surface area contributed by atoms with Crippen molar-refractivity contribution < 1.29 is 14.3 Å². The van der Waals surface area contributed by atoms with Gasteiger partial charge in [-0.05, 0) is 59.7 Å². The van der Waals surface area contributed by atoms with Gasteiger partial charge in [-0.3, -0.25) is 9.78 Å². The summed E-state index contributed by atoms with van der Waals surface area (Å²) in [4.78, 5) is 16.0. The fourth-order valence-electron chi connectivity index (χ4n) is 2.31. The fraction of sp³-hybridized carbons (Fsp3) is 0.0952. The monoisotopic (exact) mass is 361 g/mol. The van der Waals surface area contributed by atoms with E-state index in [0.717, 1.165) is 16.9 Å². The first-order valence-electron chi connectivity index (χ1n) is 8.34. The van der Waals surface area contributed by atoms with E-state index in [2.05, 4.69) is 15.5 Å². The molecule has 1 heterocycles. The Morgan fingerprint density at radius 3 is 2.59 bits per heavy atom. The maximum atomic E-state index is 12.1. The third kappa shape index (κ3) is 5.40. The number of benzene rings is 2. The van der Waals surface area contributed by atoms with Crippen LogP contribution in [-0.4, -0.2) is 24.2 Å². The van der Waals surface area contributed by atoms with Crippen molar-refractivity contribution in [1.82, 2.24) is 10.4 Å². The van der Waals surface area contributed by atoms with E-state index >= 15 is 0 Å². The van der Waals surface area contributed by atoms with Crippen molar-refractivity contribution >= 4 is 12.1 Å². The summed E-state index contributed by atoms with van der Waals surface area (Å²) in [5.74, 6) is 1.17. The van der Waals surface area contributed by atoms with Gasteiger partial charge in [-0.15, -0.1) is 0 Å². The van der Waals surface area contributed by atoms with Gasteiger partial charge in [-0.25, -0.2) is 5.43 Å². The fourth-order valence-corrected chi connectivity index (χ4v) is 2.31. The van der Waals surface area contributed by atoms with Crippen molar-refractivity contribution in [2.45, 2.75) is 6.61 Å². The smallest absolute Gasteiger partial charge is 0.271 e. The zero-order valence-corrected chi connectivity index (χ0v) is 14.8. The standard InChI is InChI=1S/C21H19N3O3/c1-26-20-4-2-3-17(13-20)15-27-19-7-5-18(6-8-19)21(25)24-23-14-16-9-11-22-12-10-16/h2-14H,15H2,1H3,(H,24,25)/b23-14-. The van der Waals surface area contributed by atoms with Gasteiger partial charge in [0, 0.05) is 18.0 Å². The number of pyridine rings is 1. The number of amides is 1. The Hall–Kier alpha value is -3.67. The molecule has 0 atom stereocenters. The highest BCUT2D eigenvalue weighted by atomic mass is 16.5. The number of hydrazone groups is 1. The van der Waals surface area contributed by atoms with E-state index in [1.54, 1.807) is 62.1 Å². The Bertz CT molecular complexity index is 909. The summed E-state index contributed by atoms with van der Waals surface area (Å²) >= 11 is 0. The predicted octanol–water partition coefficient (Wildman–Crippen LogP) is 3.43. The van der Waals surface area contributed by atoms with Crippen molar-refractivity contribution in [1.29, 1.82) is 0 Å². The molecule has 1 aromatic heterocycles. The highest BCUT2D eigenvalue weighted by Gasteiger charge is 2.05. The van der Waals surface area contributed by atoms with E-state index in [4.69, 9.17) is 9.47 Å². The van der Waals surface area contributed by atoms with Gasteiger partial charge in [0.2, 0.25) is 0 Å². The molecule has 0 unspecified atom stereocenters. The van der Waals surface area contributed by atoms with Crippen LogP contribution in [0.3, 0.4) is 0 Å². The number of hydrogen-bond acceptors (Lipinski definition) is 5. The Labute approximate surface area is 157 Å². The summed E-state index contributed by atoms with van der Waals surface area (Å²) in [7, 11) is 1.63. The molecule has 1 amide bonds. The van der Waals surface area contributed by atoms with Crippen molar-refractivity contribution in [2.24, 2.45) is 5.10 Å². The number of carbonyl (C=O) groups excluding carboxylic acids is 1. The first-order chi connectivity index (χ1) is 13.2. The Kier molecular flexibility index (Phi) is 6.14. The zero-order chi connectivity index (χ0) is 18.9. The second-order valence-electron chi connectivity index (χ2n) is 5.64. The molecule has 0 spiro atoms. The maximum Gasteiger partial charge on any atom is 0.271 e. The van der Waals surface area contributed by atoms with Crippen LogP contribution >= 0.6 is 0 Å². The van der Waals surface area contributed by atoms with E-state index in [1.807, 2.05) is 24.3 Å². The van der Waals surface area contributed by atoms with Gasteiger partial charge >= 0.3 is 0 Å². The minimum atomic E-state index is -0.292. The van der Waals surface area contributed by atoms with Gasteiger partial charge in [-0.2, -0.15) is 5.10 Å². The Balaban J connectivity index is 1.53. The molecule has 1 N–H and O–H groups in total. The Morgan fingerprint density at radius 2 is 1.85 bits per heavy atom. The molecule has 0 saturated heterocycles. The number of aromatic nitrogens is 1. The van der Waals surface area contributed by atoms with Crippen LogP contribution in [0.5, 0.6) is 11.5 Å². The lowest BCUT2D eigenvalue weighted by Gasteiger charge is -2.08. The summed E-state index contributed by atoms with van der Waals surface area (Å²) in [5.41, 5.74) is 4.84. The highest BCUT2D eigenvalue weighted by molar-refractivity contribution is 5.94. The molecule has 136 valence electrons. The molecule has 6 heteroatoms. The number of ether oxygens (including phenoxy) is 2. The summed E-state index contributed by atoms with van der Waals surface area (Å²) in [6.45, 7) is 0.416. The molecular formula is C21H19N3O3. The third-order valence-corrected chi connectivity index (χ3v) is 3.74. The van der Waals surface area contributed by atoms with Gasteiger partial charge < -0.3 is 9.47 Å². The molecule has 0 radical (unpaired) electrons. The average Bonchev–Trinajstić information content (AvgIpc) is 2.73. The summed E-state index contributed by atoms with van der Waals surface area (Å²) < 4.78 is 10.9.